The van der Waals surface area contributed by atoms with E-state index in [1.807, 2.05) is 0 Å². The van der Waals surface area contributed by atoms with Crippen molar-refractivity contribution in [3.63, 3.8) is 0 Å². The Morgan fingerprint density at radius 1 is 0.769 bits per heavy atom. The Hall–Kier alpha value is -0.0800. The maximum atomic E-state index is 3.64. The van der Waals surface area contributed by atoms with Crippen LogP contribution in [0.2, 0.25) is 0 Å². The first-order valence-electron chi connectivity index (χ1n) is 5.92. The topological polar surface area (TPSA) is 24.1 Å². The molecule has 0 aliphatic heterocycles. The fourth-order valence-electron chi connectivity index (χ4n) is 2.12. The van der Waals surface area contributed by atoms with Gasteiger partial charge in [0.2, 0.25) is 0 Å². The average Bonchev–Trinajstić information content (AvgIpc) is 2.81. The van der Waals surface area contributed by atoms with Crippen molar-refractivity contribution < 1.29 is 0 Å². The van der Waals surface area contributed by atoms with Gasteiger partial charge in [-0.3, -0.25) is 0 Å². The molecule has 0 atom stereocenters. The van der Waals surface area contributed by atoms with Crippen LogP contribution >= 0.6 is 0 Å². The maximum absolute atomic E-state index is 3.64. The van der Waals surface area contributed by atoms with Crippen LogP contribution in [-0.4, -0.2) is 25.2 Å². The lowest BCUT2D eigenvalue weighted by molar-refractivity contribution is 0.503. The molecule has 0 spiro atoms. The maximum Gasteiger partial charge on any atom is 0.00682 e. The molecule has 0 saturated heterocycles. The molecule has 2 heteroatoms. The SMILES string of the molecule is C(CNC1CCCC1)CNC1CC1. The van der Waals surface area contributed by atoms with Crippen molar-refractivity contribution in [1.82, 2.24) is 10.6 Å². The van der Waals surface area contributed by atoms with E-state index in [2.05, 4.69) is 10.6 Å². The second-order valence-electron chi connectivity index (χ2n) is 4.52. The number of nitrogens with one attached hydrogen (secondary N) is 2. The minimum Gasteiger partial charge on any atom is -0.314 e. The van der Waals surface area contributed by atoms with Gasteiger partial charge in [-0.1, -0.05) is 12.8 Å². The van der Waals surface area contributed by atoms with Gasteiger partial charge >= 0.3 is 0 Å². The van der Waals surface area contributed by atoms with E-state index in [1.54, 1.807) is 0 Å². The Kier molecular flexibility index (Phi) is 3.62. The standard InChI is InChI=1S/C11H22N2/c1-2-5-10(4-1)12-8-3-9-13-11-6-7-11/h10-13H,1-9H2. The highest BCUT2D eigenvalue weighted by molar-refractivity contribution is 4.80. The molecule has 0 bridgehead atoms. The summed E-state index contributed by atoms with van der Waals surface area (Å²) in [6.45, 7) is 2.43. The summed E-state index contributed by atoms with van der Waals surface area (Å²) in [5.74, 6) is 0. The quantitative estimate of drug-likeness (QED) is 0.610. The smallest absolute Gasteiger partial charge is 0.00682 e. The van der Waals surface area contributed by atoms with Crippen LogP contribution in [0.1, 0.15) is 44.9 Å². The molecule has 0 aromatic rings. The summed E-state index contributed by atoms with van der Waals surface area (Å²) in [6.07, 6.45) is 9.83. The van der Waals surface area contributed by atoms with Crippen molar-refractivity contribution in [3.05, 3.63) is 0 Å². The molecule has 76 valence electrons. The van der Waals surface area contributed by atoms with E-state index in [1.165, 1.54) is 58.0 Å². The molecular formula is C11H22N2. The Bertz CT molecular complexity index is 137. The lowest BCUT2D eigenvalue weighted by Gasteiger charge is -2.11. The van der Waals surface area contributed by atoms with Crippen LogP contribution in [0.25, 0.3) is 0 Å². The van der Waals surface area contributed by atoms with E-state index in [0.717, 1.165) is 12.1 Å². The molecule has 13 heavy (non-hydrogen) atoms. The van der Waals surface area contributed by atoms with Crippen LogP contribution in [0, 0.1) is 0 Å². The van der Waals surface area contributed by atoms with E-state index >= 15 is 0 Å². The molecule has 0 aromatic carbocycles. The second-order valence-corrected chi connectivity index (χ2v) is 4.52. The highest BCUT2D eigenvalue weighted by Crippen LogP contribution is 2.18. The van der Waals surface area contributed by atoms with Crippen LogP contribution < -0.4 is 10.6 Å². The third kappa shape index (κ3) is 3.65. The summed E-state index contributed by atoms with van der Waals surface area (Å²) < 4.78 is 0. The fourth-order valence-corrected chi connectivity index (χ4v) is 2.12. The van der Waals surface area contributed by atoms with Gasteiger partial charge in [0.15, 0.2) is 0 Å². The van der Waals surface area contributed by atoms with E-state index in [9.17, 15) is 0 Å². The molecule has 2 fully saturated rings. The van der Waals surface area contributed by atoms with Crippen molar-refractivity contribution in [2.75, 3.05) is 13.1 Å². The summed E-state index contributed by atoms with van der Waals surface area (Å²) >= 11 is 0. The van der Waals surface area contributed by atoms with Crippen molar-refractivity contribution in [2.24, 2.45) is 0 Å². The summed E-state index contributed by atoms with van der Waals surface area (Å²) in [7, 11) is 0. The van der Waals surface area contributed by atoms with Gasteiger partial charge in [-0.05, 0) is 45.2 Å². The first-order valence-corrected chi connectivity index (χ1v) is 5.92. The van der Waals surface area contributed by atoms with Crippen LogP contribution in [0.4, 0.5) is 0 Å². The summed E-state index contributed by atoms with van der Waals surface area (Å²) in [4.78, 5) is 0. The zero-order valence-corrected chi connectivity index (χ0v) is 8.52. The van der Waals surface area contributed by atoms with Gasteiger partial charge in [-0.25, -0.2) is 0 Å². The van der Waals surface area contributed by atoms with Gasteiger partial charge in [0.1, 0.15) is 0 Å². The van der Waals surface area contributed by atoms with Gasteiger partial charge in [0.25, 0.3) is 0 Å². The normalized spacial score (nSPS) is 24.0. The van der Waals surface area contributed by atoms with Gasteiger partial charge < -0.3 is 10.6 Å². The Morgan fingerprint density at radius 3 is 1.85 bits per heavy atom. The minimum absolute atomic E-state index is 0.848. The molecule has 2 aliphatic rings. The average molecular weight is 182 g/mol. The van der Waals surface area contributed by atoms with Crippen LogP contribution in [-0.2, 0) is 0 Å². The number of hydrogen-bond acceptors (Lipinski definition) is 2. The molecular weight excluding hydrogens is 160 g/mol. The van der Waals surface area contributed by atoms with E-state index in [-0.39, 0.29) is 0 Å². The second kappa shape index (κ2) is 4.97. The third-order valence-electron chi connectivity index (χ3n) is 3.15. The molecule has 2 aliphatic carbocycles. The highest BCUT2D eigenvalue weighted by Gasteiger charge is 2.19. The Morgan fingerprint density at radius 2 is 1.31 bits per heavy atom. The fraction of sp³-hybridized carbons (Fsp3) is 1.00. The molecule has 0 unspecified atom stereocenters. The molecule has 2 N–H and O–H groups in total. The Labute approximate surface area is 81.5 Å². The lowest BCUT2D eigenvalue weighted by Crippen LogP contribution is -2.29. The first kappa shape index (κ1) is 9.47. The highest BCUT2D eigenvalue weighted by atomic mass is 15.0. The summed E-state index contributed by atoms with van der Waals surface area (Å²) in [5.41, 5.74) is 0. The van der Waals surface area contributed by atoms with E-state index < -0.39 is 0 Å². The molecule has 2 rings (SSSR count). The molecule has 2 nitrogen and oxygen atoms in total. The van der Waals surface area contributed by atoms with Crippen LogP contribution in [0.15, 0.2) is 0 Å². The van der Waals surface area contributed by atoms with Crippen molar-refractivity contribution in [1.29, 1.82) is 0 Å². The van der Waals surface area contributed by atoms with Gasteiger partial charge in [0.05, 0.1) is 0 Å². The Balaban J connectivity index is 1.39. The van der Waals surface area contributed by atoms with Crippen molar-refractivity contribution in [3.8, 4) is 0 Å². The predicted molar refractivity (Wildman–Crippen MR) is 55.9 cm³/mol. The molecule has 0 amide bonds. The van der Waals surface area contributed by atoms with Crippen LogP contribution in [0.5, 0.6) is 0 Å². The van der Waals surface area contributed by atoms with E-state index in [0.29, 0.717) is 0 Å². The summed E-state index contributed by atoms with van der Waals surface area (Å²) in [5, 5.41) is 7.18. The lowest BCUT2D eigenvalue weighted by atomic mass is 10.2. The van der Waals surface area contributed by atoms with Crippen LogP contribution in [0.3, 0.4) is 0 Å². The molecule has 2 saturated carbocycles. The predicted octanol–water partition coefficient (Wildman–Crippen LogP) is 1.66. The largest absolute Gasteiger partial charge is 0.314 e. The zero-order chi connectivity index (χ0) is 8.93. The van der Waals surface area contributed by atoms with E-state index in [4.69, 9.17) is 0 Å². The first-order chi connectivity index (χ1) is 6.45. The monoisotopic (exact) mass is 182 g/mol. The molecule has 0 heterocycles. The van der Waals surface area contributed by atoms with Gasteiger partial charge in [0, 0.05) is 12.1 Å². The molecule has 0 aromatic heterocycles. The summed E-state index contributed by atoms with van der Waals surface area (Å²) in [6, 6.07) is 1.73. The number of hydrogen-bond donors (Lipinski definition) is 2. The third-order valence-corrected chi connectivity index (χ3v) is 3.15. The zero-order valence-electron chi connectivity index (χ0n) is 8.52. The van der Waals surface area contributed by atoms with Crippen molar-refractivity contribution in [2.45, 2.75) is 57.0 Å². The molecule has 0 radical (unpaired) electrons. The van der Waals surface area contributed by atoms with Crippen molar-refractivity contribution >= 4 is 0 Å². The van der Waals surface area contributed by atoms with Gasteiger partial charge in [-0.2, -0.15) is 0 Å². The minimum atomic E-state index is 0.848. The number of rotatable bonds is 6. The van der Waals surface area contributed by atoms with Gasteiger partial charge in [-0.15, -0.1) is 0 Å².